The molecule has 0 radical (unpaired) electrons. The summed E-state index contributed by atoms with van der Waals surface area (Å²) in [4.78, 5) is 17.9. The number of fused-ring (bicyclic) bond motifs is 3. The Bertz CT molecular complexity index is 2280. The Morgan fingerprint density at radius 2 is 2.00 bits per heavy atom. The van der Waals surface area contributed by atoms with E-state index in [1.807, 2.05) is 11.0 Å². The number of aromatic hydroxyl groups is 1. The fourth-order valence-electron chi connectivity index (χ4n) is 8.40. The van der Waals surface area contributed by atoms with Crippen molar-refractivity contribution in [3.05, 3.63) is 71.4 Å². The van der Waals surface area contributed by atoms with E-state index < -0.39 is 29.4 Å². The quantitative estimate of drug-likeness (QED) is 0.220. The molecule has 10 nitrogen and oxygen atoms in total. The highest BCUT2D eigenvalue weighted by atomic mass is 19.1. The molecule has 0 saturated carbocycles. The van der Waals surface area contributed by atoms with Crippen LogP contribution in [0.25, 0.3) is 32.8 Å². The van der Waals surface area contributed by atoms with Gasteiger partial charge in [0.1, 0.15) is 53.4 Å². The lowest BCUT2D eigenvalue weighted by Crippen LogP contribution is -2.45. The lowest BCUT2D eigenvalue weighted by molar-refractivity contribution is 0.107. The van der Waals surface area contributed by atoms with Crippen molar-refractivity contribution in [1.82, 2.24) is 19.9 Å². The number of hydrogen-bond donors (Lipinski definition) is 2. The topological polar surface area (TPSA) is 119 Å². The van der Waals surface area contributed by atoms with Gasteiger partial charge >= 0.3 is 6.01 Å². The zero-order valence-electron chi connectivity index (χ0n) is 27.4. The number of aromatic nitrogens is 3. The van der Waals surface area contributed by atoms with Crippen LogP contribution in [0.3, 0.4) is 0 Å². The van der Waals surface area contributed by atoms with Gasteiger partial charge in [0.25, 0.3) is 0 Å². The lowest BCUT2D eigenvalue weighted by atomic mass is 9.92. The fourth-order valence-corrected chi connectivity index (χ4v) is 8.40. The van der Waals surface area contributed by atoms with Crippen molar-refractivity contribution in [2.45, 2.75) is 49.7 Å². The molecule has 9 rings (SSSR count). The molecule has 4 aliphatic heterocycles. The van der Waals surface area contributed by atoms with Crippen LogP contribution < -0.4 is 20.1 Å². The average Bonchev–Trinajstić information content (AvgIpc) is 3.80. The summed E-state index contributed by atoms with van der Waals surface area (Å²) in [6.07, 6.45) is 7.90. The number of nitrogens with zero attached hydrogens (tertiary/aromatic N) is 5. The van der Waals surface area contributed by atoms with Crippen LogP contribution in [0, 0.1) is 24.0 Å². The van der Waals surface area contributed by atoms with Gasteiger partial charge in [0, 0.05) is 42.2 Å². The number of ether oxygens (including phenoxy) is 3. The highest BCUT2D eigenvalue weighted by Crippen LogP contribution is 2.47. The minimum Gasteiger partial charge on any atom is -0.508 e. The molecule has 4 aliphatic rings. The summed E-state index contributed by atoms with van der Waals surface area (Å²) in [6, 6.07) is 10.2. The van der Waals surface area contributed by atoms with Crippen LogP contribution in [-0.2, 0) is 11.3 Å². The number of nitrogen functional groups attached to an aromatic ring is 1. The number of anilines is 2. The molecular weight excluding hydrogens is 661 g/mol. The molecule has 2 aromatic heterocycles. The molecule has 3 fully saturated rings. The minimum absolute atomic E-state index is 0.0202. The monoisotopic (exact) mass is 694 g/mol. The smallest absolute Gasteiger partial charge is 0.319 e. The van der Waals surface area contributed by atoms with Gasteiger partial charge in [-0.15, -0.1) is 6.42 Å². The van der Waals surface area contributed by atoms with Gasteiger partial charge in [-0.3, -0.25) is 4.90 Å². The Balaban J connectivity index is 1.27. The van der Waals surface area contributed by atoms with E-state index >= 15 is 8.78 Å². The summed E-state index contributed by atoms with van der Waals surface area (Å²) >= 11 is 0. The van der Waals surface area contributed by atoms with Crippen molar-refractivity contribution in [1.29, 1.82) is 0 Å². The number of nitrogens with two attached hydrogens (primary N) is 1. The Morgan fingerprint density at radius 1 is 1.12 bits per heavy atom. The first-order chi connectivity index (χ1) is 24.7. The molecule has 0 aliphatic carbocycles. The van der Waals surface area contributed by atoms with Crippen LogP contribution in [0.2, 0.25) is 0 Å². The Hall–Kier alpha value is -5.32. The Kier molecular flexibility index (Phi) is 7.38. The molecule has 51 heavy (non-hydrogen) atoms. The fraction of sp³-hybridized carbons (Fsp3) is 0.342. The van der Waals surface area contributed by atoms with Gasteiger partial charge in [-0.05, 0) is 60.7 Å². The molecule has 5 aromatic rings. The SMILES string of the molecule is C#Cc1c(F)ccc2cc(O)cc(-c3cc4c5c(nc(OC[C@@]67CCCN6C[C@H](F)C7)nc5c3F)N(Cc3cccnc3N)C3COC[C@H]3O4)c12. The highest BCUT2D eigenvalue weighted by Gasteiger charge is 2.49. The maximum absolute atomic E-state index is 17.3. The first kappa shape index (κ1) is 31.6. The number of benzene rings is 3. The second-order valence-electron chi connectivity index (χ2n) is 13.7. The third-order valence-corrected chi connectivity index (χ3v) is 10.8. The summed E-state index contributed by atoms with van der Waals surface area (Å²) in [5, 5.41) is 11.7. The van der Waals surface area contributed by atoms with E-state index in [-0.39, 0.29) is 77.5 Å². The molecule has 0 spiro atoms. The van der Waals surface area contributed by atoms with E-state index in [1.165, 1.54) is 30.3 Å². The Morgan fingerprint density at radius 3 is 2.84 bits per heavy atom. The first-order valence-corrected chi connectivity index (χ1v) is 16.9. The maximum Gasteiger partial charge on any atom is 0.319 e. The number of terminal acetylenes is 1. The van der Waals surface area contributed by atoms with Crippen molar-refractivity contribution in [2.75, 3.05) is 43.5 Å². The predicted octanol–water partition coefficient (Wildman–Crippen LogP) is 5.51. The van der Waals surface area contributed by atoms with E-state index in [9.17, 15) is 9.50 Å². The van der Waals surface area contributed by atoms with Gasteiger partial charge in [0.05, 0.1) is 35.7 Å². The largest absolute Gasteiger partial charge is 0.508 e. The molecule has 260 valence electrons. The number of pyridine rings is 1. The highest BCUT2D eigenvalue weighted by molar-refractivity contribution is 6.06. The van der Waals surface area contributed by atoms with Crippen LogP contribution in [0.4, 0.5) is 24.8 Å². The van der Waals surface area contributed by atoms with Crippen LogP contribution in [0.15, 0.2) is 48.7 Å². The number of hydrogen-bond acceptors (Lipinski definition) is 10. The van der Waals surface area contributed by atoms with E-state index in [2.05, 4.69) is 20.8 Å². The zero-order valence-corrected chi connectivity index (χ0v) is 27.4. The van der Waals surface area contributed by atoms with Crippen LogP contribution >= 0.6 is 0 Å². The second-order valence-corrected chi connectivity index (χ2v) is 13.7. The summed E-state index contributed by atoms with van der Waals surface area (Å²) < 4.78 is 65.9. The summed E-state index contributed by atoms with van der Waals surface area (Å²) in [7, 11) is 0. The first-order valence-electron chi connectivity index (χ1n) is 16.9. The minimum atomic E-state index is -0.967. The van der Waals surface area contributed by atoms with Crippen molar-refractivity contribution in [3.63, 3.8) is 0 Å². The molecule has 0 bridgehead atoms. The third kappa shape index (κ3) is 5.07. The third-order valence-electron chi connectivity index (χ3n) is 10.8. The molecule has 4 atom stereocenters. The molecular formula is C38H33F3N6O4. The number of alkyl halides is 1. The van der Waals surface area contributed by atoms with Gasteiger partial charge < -0.3 is 30.0 Å². The van der Waals surface area contributed by atoms with Crippen molar-refractivity contribution >= 4 is 33.3 Å². The normalized spacial score (nSPS) is 24.0. The molecule has 6 heterocycles. The lowest BCUT2D eigenvalue weighted by Gasteiger charge is -2.32. The van der Waals surface area contributed by atoms with Crippen molar-refractivity contribution < 1.29 is 32.5 Å². The average molecular weight is 695 g/mol. The second kappa shape index (κ2) is 11.9. The maximum atomic E-state index is 17.3. The van der Waals surface area contributed by atoms with Gasteiger partial charge in [-0.1, -0.05) is 18.1 Å². The number of rotatable bonds is 6. The zero-order chi connectivity index (χ0) is 35.0. The van der Waals surface area contributed by atoms with Gasteiger partial charge in [0.2, 0.25) is 0 Å². The predicted molar refractivity (Wildman–Crippen MR) is 184 cm³/mol. The number of phenols is 1. The van der Waals surface area contributed by atoms with Crippen LogP contribution in [0.1, 0.15) is 30.4 Å². The molecule has 13 heteroatoms. The van der Waals surface area contributed by atoms with Gasteiger partial charge in [-0.25, -0.2) is 18.2 Å². The van der Waals surface area contributed by atoms with E-state index in [4.69, 9.17) is 31.4 Å². The van der Waals surface area contributed by atoms with Crippen molar-refractivity contribution in [3.8, 4) is 41.0 Å². The standard InChI is InChI=1S/C38H33F3N6O4/c1-2-24-27(40)7-6-20-11-23(48)12-25(31(20)24)26-13-29-32-34(33(26)41)44-37(50-19-38-8-4-10-46(38)16-22(39)14-38)45-36(32)47(28-17-49-18-30(28)51-29)15-21-5-3-9-43-35(21)42/h1,3,5-7,9,11-13,22,28,30,48H,4,8,10,14-19H2,(H2,42,43)/t22-,28?,30-,38+/m1/s1. The summed E-state index contributed by atoms with van der Waals surface area (Å²) in [6.45, 7) is 2.00. The van der Waals surface area contributed by atoms with E-state index in [0.29, 0.717) is 40.9 Å². The molecule has 0 amide bonds. The van der Waals surface area contributed by atoms with E-state index in [0.717, 1.165) is 19.4 Å². The van der Waals surface area contributed by atoms with Crippen LogP contribution in [0.5, 0.6) is 17.5 Å². The summed E-state index contributed by atoms with van der Waals surface area (Å²) in [5.41, 5.74) is 6.45. The van der Waals surface area contributed by atoms with Crippen molar-refractivity contribution in [2.24, 2.45) is 0 Å². The number of phenolic OH excluding ortho intramolecular Hbond substituents is 1. The van der Waals surface area contributed by atoms with Gasteiger partial charge in [0.15, 0.2) is 5.82 Å². The molecule has 3 saturated heterocycles. The van der Waals surface area contributed by atoms with Crippen LogP contribution in [-0.4, -0.2) is 81.7 Å². The summed E-state index contributed by atoms with van der Waals surface area (Å²) in [5.74, 6) is 1.72. The molecule has 3 aromatic carbocycles. The van der Waals surface area contributed by atoms with E-state index in [1.54, 1.807) is 12.3 Å². The molecule has 1 unspecified atom stereocenters. The number of halogens is 3. The Labute approximate surface area is 291 Å². The van der Waals surface area contributed by atoms with Gasteiger partial charge in [-0.2, -0.15) is 9.97 Å². The molecule has 3 N–H and O–H groups in total.